The average Bonchev–Trinajstić information content (AvgIpc) is 3.63. The Hall–Kier alpha value is -5.31. The summed E-state index contributed by atoms with van der Waals surface area (Å²) in [7, 11) is 1.84. The predicted octanol–water partition coefficient (Wildman–Crippen LogP) is 3.80. The summed E-state index contributed by atoms with van der Waals surface area (Å²) >= 11 is 0. The molecule has 1 fully saturated rings. The molecule has 0 spiro atoms. The molecule has 1 aliphatic heterocycles. The molecule has 5 aromatic rings. The van der Waals surface area contributed by atoms with Crippen LogP contribution in [0.2, 0.25) is 0 Å². The molecule has 0 unspecified atom stereocenters. The quantitative estimate of drug-likeness (QED) is 0.353. The SMILES string of the molecule is C[C@@H](NC(=O)N1CCN(c2ccc(-c3nc(-c4cnn(C)c4)cn4ncc(C#N)c34)cn2)CC1)c1ccc(F)cc1. The van der Waals surface area contributed by atoms with Crippen LogP contribution < -0.4 is 10.2 Å². The zero-order valence-corrected chi connectivity index (χ0v) is 22.6. The van der Waals surface area contributed by atoms with Gasteiger partial charge in [0.25, 0.3) is 0 Å². The van der Waals surface area contributed by atoms with Crippen molar-refractivity contribution in [3.63, 3.8) is 0 Å². The minimum absolute atomic E-state index is 0.150. The fraction of sp³-hybridized carbons (Fsp3) is 0.241. The Morgan fingerprint density at radius 3 is 2.44 bits per heavy atom. The molecule has 0 saturated carbocycles. The van der Waals surface area contributed by atoms with Crippen LogP contribution in [0.4, 0.5) is 15.0 Å². The highest BCUT2D eigenvalue weighted by molar-refractivity contribution is 5.83. The molecule has 1 aromatic carbocycles. The first kappa shape index (κ1) is 25.9. The summed E-state index contributed by atoms with van der Waals surface area (Å²) in [6, 6.07) is 11.8. The van der Waals surface area contributed by atoms with Crippen LogP contribution in [0.3, 0.4) is 0 Å². The van der Waals surface area contributed by atoms with E-state index in [1.165, 1.54) is 18.3 Å². The van der Waals surface area contributed by atoms with Gasteiger partial charge in [0.15, 0.2) is 0 Å². The van der Waals surface area contributed by atoms with Crippen LogP contribution in [0, 0.1) is 17.1 Å². The molecule has 4 aromatic heterocycles. The molecule has 0 radical (unpaired) electrons. The second-order valence-electron chi connectivity index (χ2n) is 9.94. The van der Waals surface area contributed by atoms with Crippen molar-refractivity contribution in [2.24, 2.45) is 7.05 Å². The summed E-state index contributed by atoms with van der Waals surface area (Å²) in [6.45, 7) is 4.23. The topological polar surface area (TPSA) is 120 Å². The van der Waals surface area contributed by atoms with Gasteiger partial charge in [0, 0.05) is 56.7 Å². The smallest absolute Gasteiger partial charge is 0.317 e. The lowest BCUT2D eigenvalue weighted by Crippen LogP contribution is -2.52. The molecule has 1 atom stereocenters. The fourth-order valence-electron chi connectivity index (χ4n) is 4.95. The van der Waals surface area contributed by atoms with E-state index in [2.05, 4.69) is 26.5 Å². The van der Waals surface area contributed by atoms with Crippen LogP contribution in [0.25, 0.3) is 28.0 Å². The van der Waals surface area contributed by atoms with E-state index in [1.807, 2.05) is 32.3 Å². The van der Waals surface area contributed by atoms with Crippen LogP contribution in [-0.2, 0) is 7.05 Å². The molecular formula is C29H27FN10O. The molecule has 41 heavy (non-hydrogen) atoms. The van der Waals surface area contributed by atoms with Gasteiger partial charge in [0.1, 0.15) is 28.8 Å². The van der Waals surface area contributed by atoms with Gasteiger partial charge in [0.05, 0.1) is 36.0 Å². The number of nitrogens with one attached hydrogen (secondary N) is 1. The number of aryl methyl sites for hydroxylation is 1. The Balaban J connectivity index is 1.16. The molecule has 1 saturated heterocycles. The van der Waals surface area contributed by atoms with Crippen LogP contribution in [0.15, 0.2) is 67.4 Å². The second kappa shape index (κ2) is 10.7. The number of rotatable bonds is 5. The third-order valence-corrected chi connectivity index (χ3v) is 7.24. The first-order valence-corrected chi connectivity index (χ1v) is 13.2. The van der Waals surface area contributed by atoms with Crippen molar-refractivity contribution in [3.05, 3.63) is 84.3 Å². The van der Waals surface area contributed by atoms with E-state index < -0.39 is 0 Å². The highest BCUT2D eigenvalue weighted by atomic mass is 19.1. The molecule has 6 rings (SSSR count). The Labute approximate surface area is 235 Å². The van der Waals surface area contributed by atoms with Gasteiger partial charge in [-0.15, -0.1) is 0 Å². The van der Waals surface area contributed by atoms with E-state index >= 15 is 0 Å². The Morgan fingerprint density at radius 2 is 1.78 bits per heavy atom. The van der Waals surface area contributed by atoms with Gasteiger partial charge >= 0.3 is 6.03 Å². The van der Waals surface area contributed by atoms with Crippen molar-refractivity contribution in [1.29, 1.82) is 5.26 Å². The average molecular weight is 551 g/mol. The number of nitrogens with zero attached hydrogens (tertiary/aromatic N) is 9. The molecule has 0 aliphatic carbocycles. The third-order valence-electron chi connectivity index (χ3n) is 7.24. The van der Waals surface area contributed by atoms with Crippen LogP contribution in [-0.4, -0.2) is 66.5 Å². The monoisotopic (exact) mass is 550 g/mol. The first-order valence-electron chi connectivity index (χ1n) is 13.2. The van der Waals surface area contributed by atoms with E-state index in [0.29, 0.717) is 48.6 Å². The molecule has 1 N–H and O–H groups in total. The normalized spacial score (nSPS) is 14.2. The molecule has 2 amide bonds. The summed E-state index contributed by atoms with van der Waals surface area (Å²) in [4.78, 5) is 26.3. The molecular weight excluding hydrogens is 523 g/mol. The minimum atomic E-state index is -0.304. The van der Waals surface area contributed by atoms with E-state index in [4.69, 9.17) is 9.97 Å². The van der Waals surface area contributed by atoms with Crippen LogP contribution >= 0.6 is 0 Å². The number of piperazine rings is 1. The van der Waals surface area contributed by atoms with Gasteiger partial charge in [-0.05, 0) is 36.8 Å². The maximum absolute atomic E-state index is 13.2. The second-order valence-corrected chi connectivity index (χ2v) is 9.94. The number of fused-ring (bicyclic) bond motifs is 1. The lowest BCUT2D eigenvalue weighted by atomic mass is 10.1. The number of amides is 2. The number of hydrogen-bond acceptors (Lipinski definition) is 7. The van der Waals surface area contributed by atoms with Crippen molar-refractivity contribution in [3.8, 4) is 28.6 Å². The van der Waals surface area contributed by atoms with Gasteiger partial charge in [-0.25, -0.2) is 23.7 Å². The number of carbonyl (C=O) groups excluding carboxylic acids is 1. The summed E-state index contributed by atoms with van der Waals surface area (Å²) < 4.78 is 16.6. The Bertz CT molecular complexity index is 1750. The predicted molar refractivity (Wildman–Crippen MR) is 150 cm³/mol. The van der Waals surface area contributed by atoms with Crippen molar-refractivity contribution in [2.75, 3.05) is 31.1 Å². The molecule has 12 heteroatoms. The summed E-state index contributed by atoms with van der Waals surface area (Å²) in [5.74, 6) is 0.489. The van der Waals surface area contributed by atoms with E-state index in [-0.39, 0.29) is 17.9 Å². The number of carbonyl (C=O) groups is 1. The third kappa shape index (κ3) is 5.17. The van der Waals surface area contributed by atoms with E-state index in [0.717, 1.165) is 22.5 Å². The number of urea groups is 1. The van der Waals surface area contributed by atoms with Gasteiger partial charge in [-0.1, -0.05) is 12.1 Å². The molecule has 206 valence electrons. The summed E-state index contributed by atoms with van der Waals surface area (Å²) in [6.07, 6.45) is 8.68. The summed E-state index contributed by atoms with van der Waals surface area (Å²) in [5.41, 5.74) is 4.77. The van der Waals surface area contributed by atoms with Crippen LogP contribution in [0.5, 0.6) is 0 Å². The number of nitriles is 1. The lowest BCUT2D eigenvalue weighted by Gasteiger charge is -2.36. The summed E-state index contributed by atoms with van der Waals surface area (Å²) in [5, 5.41) is 21.3. The molecule has 5 heterocycles. The van der Waals surface area contributed by atoms with Crippen molar-refractivity contribution < 1.29 is 9.18 Å². The highest BCUT2D eigenvalue weighted by Gasteiger charge is 2.24. The zero-order chi connectivity index (χ0) is 28.5. The zero-order valence-electron chi connectivity index (χ0n) is 22.6. The van der Waals surface area contributed by atoms with Gasteiger partial charge < -0.3 is 15.1 Å². The van der Waals surface area contributed by atoms with E-state index in [9.17, 15) is 14.4 Å². The van der Waals surface area contributed by atoms with Crippen LogP contribution in [0.1, 0.15) is 24.1 Å². The molecule has 0 bridgehead atoms. The first-order chi connectivity index (χ1) is 19.9. The Morgan fingerprint density at radius 1 is 1.00 bits per heavy atom. The van der Waals surface area contributed by atoms with Crippen molar-refractivity contribution in [2.45, 2.75) is 13.0 Å². The number of benzene rings is 1. The Kier molecular flexibility index (Phi) is 6.76. The fourth-order valence-corrected chi connectivity index (χ4v) is 4.95. The maximum atomic E-state index is 13.2. The van der Waals surface area contributed by atoms with Gasteiger partial charge in [-0.3, -0.25) is 4.68 Å². The lowest BCUT2D eigenvalue weighted by molar-refractivity contribution is 0.191. The van der Waals surface area contributed by atoms with Gasteiger partial charge in [0.2, 0.25) is 0 Å². The number of anilines is 1. The van der Waals surface area contributed by atoms with E-state index in [1.54, 1.807) is 44.8 Å². The molecule has 11 nitrogen and oxygen atoms in total. The number of hydrogen-bond donors (Lipinski definition) is 1. The highest BCUT2D eigenvalue weighted by Crippen LogP contribution is 2.29. The minimum Gasteiger partial charge on any atom is -0.353 e. The number of halogens is 1. The molecule has 1 aliphatic rings. The standard InChI is InChI=1S/C29H27FN10O/c1-19(20-3-6-24(30)7-4-20)35-29(41)39-11-9-38(10-12-39)26-8-5-21(14-32-26)27-28-22(13-31)15-34-40(28)18-25(36-27)23-16-33-37(2)17-23/h3-8,14-19H,9-12H2,1-2H3,(H,35,41)/t19-/m1/s1. The largest absolute Gasteiger partial charge is 0.353 e. The number of aromatic nitrogens is 6. The number of pyridine rings is 1. The van der Waals surface area contributed by atoms with Crippen molar-refractivity contribution >= 4 is 17.4 Å². The van der Waals surface area contributed by atoms with Crippen molar-refractivity contribution in [1.82, 2.24) is 39.6 Å². The maximum Gasteiger partial charge on any atom is 0.317 e. The van der Waals surface area contributed by atoms with Gasteiger partial charge in [-0.2, -0.15) is 15.5 Å².